The molecule has 19 heavy (non-hydrogen) atoms. The highest BCUT2D eigenvalue weighted by atomic mass is 19.1. The van der Waals surface area contributed by atoms with E-state index in [4.69, 9.17) is 0 Å². The molecule has 106 valence electrons. The van der Waals surface area contributed by atoms with Crippen LogP contribution in [0.15, 0.2) is 18.2 Å². The molecule has 0 unspecified atom stereocenters. The molecule has 1 N–H and O–H groups in total. The number of hydrogen-bond acceptors (Lipinski definition) is 2. The maximum absolute atomic E-state index is 13.1. The molecule has 0 aromatic heterocycles. The van der Waals surface area contributed by atoms with Crippen molar-refractivity contribution >= 4 is 0 Å². The average molecular weight is 268 g/mol. The van der Waals surface area contributed by atoms with Gasteiger partial charge in [0.05, 0.1) is 0 Å². The lowest BCUT2D eigenvalue weighted by Gasteiger charge is -2.30. The zero-order valence-corrected chi connectivity index (χ0v) is 11.7. The molecule has 1 aliphatic rings. The van der Waals surface area contributed by atoms with Gasteiger partial charge in [-0.3, -0.25) is 0 Å². The predicted molar refractivity (Wildman–Crippen MR) is 73.2 cm³/mol. The van der Waals surface area contributed by atoms with Crippen molar-refractivity contribution in [3.05, 3.63) is 35.4 Å². The van der Waals surface area contributed by atoms with Gasteiger partial charge in [0, 0.05) is 24.7 Å². The van der Waals surface area contributed by atoms with E-state index in [9.17, 15) is 8.78 Å². The molecule has 1 aromatic carbocycles. The Hall–Kier alpha value is -1.00. The van der Waals surface area contributed by atoms with E-state index >= 15 is 0 Å². The van der Waals surface area contributed by atoms with Gasteiger partial charge in [-0.05, 0) is 57.5 Å². The molecule has 1 fully saturated rings. The van der Waals surface area contributed by atoms with Gasteiger partial charge in [0.1, 0.15) is 11.6 Å². The summed E-state index contributed by atoms with van der Waals surface area (Å²) in [5.74, 6) is -0.985. The lowest BCUT2D eigenvalue weighted by molar-refractivity contribution is 0.233. The van der Waals surface area contributed by atoms with E-state index in [2.05, 4.69) is 24.1 Å². The van der Waals surface area contributed by atoms with Crippen molar-refractivity contribution < 1.29 is 8.78 Å². The summed E-state index contributed by atoms with van der Waals surface area (Å²) in [6.07, 6.45) is 1.80. The van der Waals surface area contributed by atoms with Crippen LogP contribution in [0.1, 0.15) is 25.8 Å². The number of benzene rings is 1. The lowest BCUT2D eigenvalue weighted by Crippen LogP contribution is -2.46. The monoisotopic (exact) mass is 268 g/mol. The molecule has 0 radical (unpaired) electrons. The molecule has 1 heterocycles. The van der Waals surface area contributed by atoms with Crippen LogP contribution in [0.4, 0.5) is 8.78 Å². The number of rotatable bonds is 3. The second-order valence-corrected chi connectivity index (χ2v) is 5.97. The average Bonchev–Trinajstić information content (AvgIpc) is 2.46. The van der Waals surface area contributed by atoms with E-state index in [1.165, 1.54) is 12.1 Å². The van der Waals surface area contributed by atoms with E-state index in [0.29, 0.717) is 6.42 Å². The molecule has 0 amide bonds. The van der Waals surface area contributed by atoms with Crippen LogP contribution in [-0.2, 0) is 6.42 Å². The first-order chi connectivity index (χ1) is 8.94. The molecule has 1 aromatic rings. The number of halogens is 2. The largest absolute Gasteiger partial charge is 0.310 e. The fourth-order valence-corrected chi connectivity index (χ4v) is 2.66. The minimum absolute atomic E-state index is 0.101. The van der Waals surface area contributed by atoms with E-state index in [1.807, 2.05) is 0 Å². The lowest BCUT2D eigenvalue weighted by atomic mass is 10.1. The van der Waals surface area contributed by atoms with Crippen molar-refractivity contribution in [3.8, 4) is 0 Å². The molecular weight excluding hydrogens is 246 g/mol. The third-order valence-corrected chi connectivity index (χ3v) is 3.51. The molecule has 2 rings (SSSR count). The highest BCUT2D eigenvalue weighted by Crippen LogP contribution is 2.13. The first-order valence-corrected chi connectivity index (χ1v) is 6.87. The smallest absolute Gasteiger partial charge is 0.126 e. The fraction of sp³-hybridized carbons (Fsp3) is 0.600. The summed E-state index contributed by atoms with van der Waals surface area (Å²) in [5, 5.41) is 3.51. The topological polar surface area (TPSA) is 15.3 Å². The summed E-state index contributed by atoms with van der Waals surface area (Å²) >= 11 is 0. The van der Waals surface area contributed by atoms with Crippen molar-refractivity contribution in [2.24, 2.45) is 0 Å². The Bertz CT molecular complexity index is 412. The first-order valence-electron chi connectivity index (χ1n) is 6.87. The number of nitrogens with one attached hydrogen (secondary N) is 1. The minimum Gasteiger partial charge on any atom is -0.310 e. The van der Waals surface area contributed by atoms with Crippen LogP contribution in [0.3, 0.4) is 0 Å². The molecule has 1 aliphatic heterocycles. The van der Waals surface area contributed by atoms with Gasteiger partial charge in [0.2, 0.25) is 0 Å². The number of hydrogen-bond donors (Lipinski definition) is 1. The summed E-state index contributed by atoms with van der Waals surface area (Å²) in [5.41, 5.74) is 0.830. The Balaban J connectivity index is 1.93. The van der Waals surface area contributed by atoms with Gasteiger partial charge in [-0.1, -0.05) is 0 Å². The Kier molecular flexibility index (Phi) is 4.53. The molecule has 0 saturated carbocycles. The highest BCUT2D eigenvalue weighted by Gasteiger charge is 2.23. The Labute approximate surface area is 113 Å². The third-order valence-electron chi connectivity index (χ3n) is 3.51. The van der Waals surface area contributed by atoms with Gasteiger partial charge in [-0.2, -0.15) is 0 Å². The molecule has 0 bridgehead atoms. The van der Waals surface area contributed by atoms with Crippen LogP contribution >= 0.6 is 0 Å². The van der Waals surface area contributed by atoms with Crippen LogP contribution in [-0.4, -0.2) is 36.6 Å². The van der Waals surface area contributed by atoms with Crippen LogP contribution in [0.2, 0.25) is 0 Å². The van der Waals surface area contributed by atoms with Crippen LogP contribution in [0, 0.1) is 11.6 Å². The normalized spacial score (nSPS) is 20.2. The summed E-state index contributed by atoms with van der Waals surface area (Å²) in [4.78, 5) is 2.36. The quantitative estimate of drug-likeness (QED) is 0.906. The van der Waals surface area contributed by atoms with E-state index in [-0.39, 0.29) is 5.54 Å². The Morgan fingerprint density at radius 1 is 1.21 bits per heavy atom. The fourth-order valence-electron chi connectivity index (χ4n) is 2.66. The van der Waals surface area contributed by atoms with Crippen molar-refractivity contribution in [2.45, 2.75) is 32.2 Å². The second-order valence-electron chi connectivity index (χ2n) is 5.97. The van der Waals surface area contributed by atoms with Crippen molar-refractivity contribution in [3.63, 3.8) is 0 Å². The Morgan fingerprint density at radius 2 is 1.89 bits per heavy atom. The zero-order valence-electron chi connectivity index (χ0n) is 11.7. The third kappa shape index (κ3) is 4.55. The van der Waals surface area contributed by atoms with Crippen LogP contribution in [0.5, 0.6) is 0 Å². The molecule has 1 saturated heterocycles. The van der Waals surface area contributed by atoms with Gasteiger partial charge >= 0.3 is 0 Å². The Morgan fingerprint density at radius 3 is 2.58 bits per heavy atom. The van der Waals surface area contributed by atoms with E-state index < -0.39 is 11.6 Å². The second kappa shape index (κ2) is 5.97. The van der Waals surface area contributed by atoms with Gasteiger partial charge < -0.3 is 10.2 Å². The molecule has 2 nitrogen and oxygen atoms in total. The molecule has 0 spiro atoms. The van der Waals surface area contributed by atoms with Crippen LogP contribution < -0.4 is 5.32 Å². The summed E-state index contributed by atoms with van der Waals surface area (Å²) in [7, 11) is 0. The van der Waals surface area contributed by atoms with Crippen molar-refractivity contribution in [1.29, 1.82) is 0 Å². The van der Waals surface area contributed by atoms with Gasteiger partial charge in [-0.15, -0.1) is 0 Å². The zero-order chi connectivity index (χ0) is 13.9. The molecule has 4 heteroatoms. The summed E-state index contributed by atoms with van der Waals surface area (Å²) in [6, 6.07) is 3.76. The van der Waals surface area contributed by atoms with Gasteiger partial charge in [0.15, 0.2) is 0 Å². The predicted octanol–water partition coefficient (Wildman–Crippen LogP) is 2.58. The maximum atomic E-state index is 13.1. The van der Waals surface area contributed by atoms with Crippen molar-refractivity contribution in [1.82, 2.24) is 10.2 Å². The van der Waals surface area contributed by atoms with Gasteiger partial charge in [-0.25, -0.2) is 8.78 Å². The molecule has 0 aliphatic carbocycles. The summed E-state index contributed by atoms with van der Waals surface area (Å²) < 4.78 is 26.2. The molecule has 0 atom stereocenters. The van der Waals surface area contributed by atoms with Crippen molar-refractivity contribution in [2.75, 3.05) is 26.2 Å². The standard InChI is InChI=1S/C15H22F2N2/c1-15(2)11-19(6-3-5-18-15)7-4-12-8-13(16)10-14(17)9-12/h8-10,18H,3-7,11H2,1-2H3. The van der Waals surface area contributed by atoms with Gasteiger partial charge in [0.25, 0.3) is 0 Å². The minimum atomic E-state index is -0.493. The SMILES string of the molecule is CC1(C)CN(CCc2cc(F)cc(F)c2)CCCN1. The molecular formula is C15H22F2N2. The summed E-state index contributed by atoms with van der Waals surface area (Å²) in [6.45, 7) is 8.24. The maximum Gasteiger partial charge on any atom is 0.126 e. The number of nitrogens with zero attached hydrogens (tertiary/aromatic N) is 1. The van der Waals surface area contributed by atoms with E-state index in [1.54, 1.807) is 0 Å². The first kappa shape index (κ1) is 14.4. The van der Waals surface area contributed by atoms with E-state index in [0.717, 1.165) is 44.2 Å². The van der Waals surface area contributed by atoms with Crippen LogP contribution in [0.25, 0.3) is 0 Å². The highest BCUT2D eigenvalue weighted by molar-refractivity contribution is 5.18.